The van der Waals surface area contributed by atoms with Crippen LogP contribution in [0.4, 0.5) is 20.2 Å². The predicted molar refractivity (Wildman–Crippen MR) is 120 cm³/mol. The van der Waals surface area contributed by atoms with Gasteiger partial charge in [0, 0.05) is 44.1 Å². The molecular formula is C25H25F2N3O. The number of anilines is 2. The lowest BCUT2D eigenvalue weighted by molar-refractivity contribution is 0.0950. The Morgan fingerprint density at radius 2 is 1.77 bits per heavy atom. The van der Waals surface area contributed by atoms with Crippen molar-refractivity contribution in [3.05, 3.63) is 95.1 Å². The molecular weight excluding hydrogens is 396 g/mol. The first-order valence-electron chi connectivity index (χ1n) is 10.3. The molecule has 0 aromatic heterocycles. The fraction of sp³-hybridized carbons (Fsp3) is 0.240. The van der Waals surface area contributed by atoms with E-state index >= 15 is 0 Å². The molecule has 0 radical (unpaired) electrons. The number of nitrogens with one attached hydrogen (secondary N) is 1. The van der Waals surface area contributed by atoms with Gasteiger partial charge in [-0.3, -0.25) is 4.79 Å². The van der Waals surface area contributed by atoms with Gasteiger partial charge in [0.05, 0.1) is 6.04 Å². The highest BCUT2D eigenvalue weighted by molar-refractivity contribution is 5.94. The molecule has 4 rings (SSSR count). The summed E-state index contributed by atoms with van der Waals surface area (Å²) in [5.41, 5.74) is 4.71. The zero-order chi connectivity index (χ0) is 22.0. The summed E-state index contributed by atoms with van der Waals surface area (Å²) in [6.45, 7) is 1.19. The van der Waals surface area contributed by atoms with Crippen molar-refractivity contribution in [3.63, 3.8) is 0 Å². The first-order valence-corrected chi connectivity index (χ1v) is 10.3. The quantitative estimate of drug-likeness (QED) is 0.634. The average Bonchev–Trinajstić information content (AvgIpc) is 3.20. The van der Waals surface area contributed by atoms with Crippen molar-refractivity contribution in [1.82, 2.24) is 5.32 Å². The standard InChI is InChI=1S/C25H25F2N3O/c1-29(2)20-10-7-18(8-11-20)24(30-14-13-17-5-3-4-6-23(17)30)16-28-25(31)19-9-12-21(26)22(27)15-19/h3-12,15,24H,13-14,16H2,1-2H3,(H,28,31). The van der Waals surface area contributed by atoms with Gasteiger partial charge in [-0.1, -0.05) is 30.3 Å². The first kappa shape index (κ1) is 20.8. The van der Waals surface area contributed by atoms with E-state index in [4.69, 9.17) is 0 Å². The lowest BCUT2D eigenvalue weighted by Gasteiger charge is -2.31. The van der Waals surface area contributed by atoms with Crippen molar-refractivity contribution in [2.75, 3.05) is 37.0 Å². The van der Waals surface area contributed by atoms with E-state index < -0.39 is 17.5 Å². The van der Waals surface area contributed by atoms with Crippen molar-refractivity contribution in [3.8, 4) is 0 Å². The molecule has 1 N–H and O–H groups in total. The summed E-state index contributed by atoms with van der Waals surface area (Å²) in [7, 11) is 3.98. The van der Waals surface area contributed by atoms with E-state index in [0.29, 0.717) is 6.54 Å². The molecule has 160 valence electrons. The Morgan fingerprint density at radius 1 is 1.03 bits per heavy atom. The minimum Gasteiger partial charge on any atom is -0.378 e. The fourth-order valence-electron chi connectivity index (χ4n) is 4.02. The van der Waals surface area contributed by atoms with Crippen LogP contribution < -0.4 is 15.1 Å². The molecule has 0 bridgehead atoms. The van der Waals surface area contributed by atoms with E-state index in [2.05, 4.69) is 46.6 Å². The molecule has 3 aromatic carbocycles. The van der Waals surface area contributed by atoms with E-state index in [1.54, 1.807) is 0 Å². The van der Waals surface area contributed by atoms with Gasteiger partial charge in [-0.05, 0) is 53.9 Å². The summed E-state index contributed by atoms with van der Waals surface area (Å²) in [5.74, 6) is -2.43. The summed E-state index contributed by atoms with van der Waals surface area (Å²) < 4.78 is 26.8. The fourth-order valence-corrected chi connectivity index (χ4v) is 4.02. The van der Waals surface area contributed by atoms with Gasteiger partial charge in [-0.2, -0.15) is 0 Å². The Labute approximate surface area is 181 Å². The highest BCUT2D eigenvalue weighted by Gasteiger charge is 2.27. The van der Waals surface area contributed by atoms with Crippen LogP contribution in [0.25, 0.3) is 0 Å². The summed E-state index contributed by atoms with van der Waals surface area (Å²) in [6, 6.07) is 19.6. The Balaban J connectivity index is 1.59. The average molecular weight is 421 g/mol. The second kappa shape index (κ2) is 8.76. The molecule has 4 nitrogen and oxygen atoms in total. The molecule has 1 aliphatic heterocycles. The maximum absolute atomic E-state index is 13.6. The van der Waals surface area contributed by atoms with Crippen molar-refractivity contribution in [1.29, 1.82) is 0 Å². The third kappa shape index (κ3) is 4.38. The van der Waals surface area contributed by atoms with Crippen LogP contribution >= 0.6 is 0 Å². The lowest BCUT2D eigenvalue weighted by Crippen LogP contribution is -2.37. The number of carbonyl (C=O) groups excluding carboxylic acids is 1. The molecule has 1 heterocycles. The summed E-state index contributed by atoms with van der Waals surface area (Å²) in [5, 5.41) is 2.91. The predicted octanol–water partition coefficient (Wildman–Crippen LogP) is 4.56. The summed E-state index contributed by atoms with van der Waals surface area (Å²) in [4.78, 5) is 17.0. The number of nitrogens with zero attached hydrogens (tertiary/aromatic N) is 2. The van der Waals surface area contributed by atoms with Gasteiger partial charge in [0.2, 0.25) is 0 Å². The summed E-state index contributed by atoms with van der Waals surface area (Å²) in [6.07, 6.45) is 0.944. The largest absolute Gasteiger partial charge is 0.378 e. The number of carbonyl (C=O) groups is 1. The SMILES string of the molecule is CN(C)c1ccc(C(CNC(=O)c2ccc(F)c(F)c2)N2CCc3ccccc32)cc1. The summed E-state index contributed by atoms with van der Waals surface area (Å²) >= 11 is 0. The van der Waals surface area contributed by atoms with Crippen LogP contribution in [-0.4, -0.2) is 33.1 Å². The number of hydrogen-bond donors (Lipinski definition) is 1. The minimum absolute atomic E-state index is 0.0888. The smallest absolute Gasteiger partial charge is 0.251 e. The third-order valence-electron chi connectivity index (χ3n) is 5.73. The van der Waals surface area contributed by atoms with E-state index in [1.807, 2.05) is 31.1 Å². The zero-order valence-electron chi connectivity index (χ0n) is 17.6. The maximum atomic E-state index is 13.6. The molecule has 0 fully saturated rings. The topological polar surface area (TPSA) is 35.6 Å². The van der Waals surface area contributed by atoms with Crippen LogP contribution in [0.1, 0.15) is 27.5 Å². The number of para-hydroxylation sites is 1. The normalized spacial score (nSPS) is 13.6. The monoisotopic (exact) mass is 421 g/mol. The van der Waals surface area contributed by atoms with Crippen LogP contribution in [0, 0.1) is 11.6 Å². The molecule has 0 saturated carbocycles. The second-order valence-corrected chi connectivity index (χ2v) is 7.91. The van der Waals surface area contributed by atoms with Crippen molar-refractivity contribution < 1.29 is 13.6 Å². The Kier molecular flexibility index (Phi) is 5.89. The maximum Gasteiger partial charge on any atom is 0.251 e. The van der Waals surface area contributed by atoms with Crippen LogP contribution in [0.2, 0.25) is 0 Å². The third-order valence-corrected chi connectivity index (χ3v) is 5.73. The molecule has 0 spiro atoms. The van der Waals surface area contributed by atoms with Gasteiger partial charge in [0.15, 0.2) is 11.6 Å². The number of benzene rings is 3. The van der Waals surface area contributed by atoms with Crippen LogP contribution in [0.15, 0.2) is 66.7 Å². The Bertz CT molecular complexity index is 1080. The molecule has 31 heavy (non-hydrogen) atoms. The highest BCUT2D eigenvalue weighted by Crippen LogP contribution is 2.35. The first-order chi connectivity index (χ1) is 14.9. The molecule has 3 aromatic rings. The Hall–Kier alpha value is -3.41. The highest BCUT2D eigenvalue weighted by atomic mass is 19.2. The van der Waals surface area contributed by atoms with E-state index in [9.17, 15) is 13.6 Å². The van der Waals surface area contributed by atoms with E-state index in [-0.39, 0.29) is 11.6 Å². The zero-order valence-corrected chi connectivity index (χ0v) is 17.6. The van der Waals surface area contributed by atoms with Crippen LogP contribution in [-0.2, 0) is 6.42 Å². The molecule has 1 unspecified atom stereocenters. The second-order valence-electron chi connectivity index (χ2n) is 7.91. The van der Waals surface area contributed by atoms with Crippen molar-refractivity contribution in [2.45, 2.75) is 12.5 Å². The molecule has 1 atom stereocenters. The molecule has 1 aliphatic rings. The van der Waals surface area contributed by atoms with Gasteiger partial charge in [0.25, 0.3) is 5.91 Å². The lowest BCUT2D eigenvalue weighted by atomic mass is 10.0. The van der Waals surface area contributed by atoms with Gasteiger partial charge in [0.1, 0.15) is 0 Å². The van der Waals surface area contributed by atoms with Gasteiger partial charge >= 0.3 is 0 Å². The number of amides is 1. The molecule has 6 heteroatoms. The number of halogens is 2. The number of hydrogen-bond acceptors (Lipinski definition) is 3. The van der Waals surface area contributed by atoms with Crippen molar-refractivity contribution in [2.24, 2.45) is 0 Å². The van der Waals surface area contributed by atoms with E-state index in [0.717, 1.165) is 42.0 Å². The molecule has 0 saturated heterocycles. The number of rotatable bonds is 6. The molecule has 0 aliphatic carbocycles. The van der Waals surface area contributed by atoms with E-state index in [1.165, 1.54) is 11.6 Å². The Morgan fingerprint density at radius 3 is 2.48 bits per heavy atom. The van der Waals surface area contributed by atoms with Gasteiger partial charge < -0.3 is 15.1 Å². The molecule has 1 amide bonds. The van der Waals surface area contributed by atoms with Crippen LogP contribution in [0.5, 0.6) is 0 Å². The van der Waals surface area contributed by atoms with Crippen LogP contribution in [0.3, 0.4) is 0 Å². The van der Waals surface area contributed by atoms with Gasteiger partial charge in [-0.15, -0.1) is 0 Å². The number of fused-ring (bicyclic) bond motifs is 1. The minimum atomic E-state index is -1.03. The van der Waals surface area contributed by atoms with Crippen molar-refractivity contribution >= 4 is 17.3 Å². The van der Waals surface area contributed by atoms with Gasteiger partial charge in [-0.25, -0.2) is 8.78 Å².